The molecule has 27 heavy (non-hydrogen) atoms. The first kappa shape index (κ1) is 20.6. The van der Waals surface area contributed by atoms with Gasteiger partial charge in [-0.25, -0.2) is 4.79 Å². The van der Waals surface area contributed by atoms with Crippen molar-refractivity contribution in [2.75, 3.05) is 25.5 Å². The smallest absolute Gasteiger partial charge is 0.320 e. The Morgan fingerprint density at radius 2 is 2.00 bits per heavy atom. The Kier molecular flexibility index (Phi) is 7.57. The van der Waals surface area contributed by atoms with Gasteiger partial charge in [0, 0.05) is 11.7 Å². The van der Waals surface area contributed by atoms with Gasteiger partial charge in [0.15, 0.2) is 0 Å². The number of urea groups is 1. The zero-order chi connectivity index (χ0) is 19.2. The molecule has 1 saturated carbocycles. The summed E-state index contributed by atoms with van der Waals surface area (Å²) in [6.45, 7) is 1.91. The third-order valence-electron chi connectivity index (χ3n) is 4.88. The molecule has 0 spiro atoms. The molecule has 0 radical (unpaired) electrons. The number of nitrogens with one attached hydrogen (secondary N) is 6. The molecule has 3 rings (SSSR count). The highest BCUT2D eigenvalue weighted by Crippen LogP contribution is 2.35. The van der Waals surface area contributed by atoms with Crippen molar-refractivity contribution in [1.29, 1.82) is 0 Å². The van der Waals surface area contributed by atoms with E-state index in [9.17, 15) is 4.79 Å². The van der Waals surface area contributed by atoms with Crippen molar-refractivity contribution in [2.24, 2.45) is 5.92 Å². The Morgan fingerprint density at radius 3 is 2.70 bits per heavy atom. The molecule has 1 aliphatic heterocycles. The van der Waals surface area contributed by atoms with Crippen LogP contribution in [0.2, 0.25) is 10.0 Å². The summed E-state index contributed by atoms with van der Waals surface area (Å²) in [5.74, 6) is 0.705. The number of benzene rings is 1. The van der Waals surface area contributed by atoms with Crippen molar-refractivity contribution < 1.29 is 4.79 Å². The molecule has 2 aliphatic rings. The largest absolute Gasteiger partial charge is 0.321 e. The number of carbonyl (C=O) groups excluding carboxylic acids is 1. The number of hydrogen-bond donors (Lipinski definition) is 6. The lowest BCUT2D eigenvalue weighted by Gasteiger charge is -2.38. The van der Waals surface area contributed by atoms with E-state index in [1.54, 1.807) is 18.2 Å². The number of rotatable bonds is 8. The highest BCUT2D eigenvalue weighted by molar-refractivity contribution is 6.42. The van der Waals surface area contributed by atoms with Crippen LogP contribution in [0.15, 0.2) is 18.2 Å². The summed E-state index contributed by atoms with van der Waals surface area (Å²) in [6.07, 6.45) is 4.46. The van der Waals surface area contributed by atoms with Gasteiger partial charge in [-0.15, -0.1) is 0 Å². The van der Waals surface area contributed by atoms with Crippen LogP contribution in [0.5, 0.6) is 0 Å². The lowest BCUT2D eigenvalue weighted by atomic mass is 10.0. The third-order valence-corrected chi connectivity index (χ3v) is 5.62. The Bertz CT molecular complexity index is 642. The van der Waals surface area contributed by atoms with Gasteiger partial charge in [-0.3, -0.25) is 10.6 Å². The summed E-state index contributed by atoms with van der Waals surface area (Å²) in [5.41, 5.74) is 0.596. The van der Waals surface area contributed by atoms with Crippen LogP contribution in [0.3, 0.4) is 0 Å². The van der Waals surface area contributed by atoms with Crippen LogP contribution in [0.4, 0.5) is 10.5 Å². The fraction of sp³-hybridized carbons (Fsp3) is 0.611. The summed E-state index contributed by atoms with van der Waals surface area (Å²) in [4.78, 5) is 12.4. The zero-order valence-corrected chi connectivity index (χ0v) is 17.0. The predicted octanol–water partition coefficient (Wildman–Crippen LogP) is 2.29. The number of halogens is 2. The van der Waals surface area contributed by atoms with E-state index >= 15 is 0 Å². The van der Waals surface area contributed by atoms with Gasteiger partial charge in [0.1, 0.15) is 6.29 Å². The Labute approximate surface area is 170 Å². The summed E-state index contributed by atoms with van der Waals surface area (Å²) in [7, 11) is 1.96. The fourth-order valence-electron chi connectivity index (χ4n) is 3.32. The molecule has 1 aromatic rings. The molecule has 150 valence electrons. The van der Waals surface area contributed by atoms with E-state index in [0.717, 1.165) is 25.9 Å². The van der Waals surface area contributed by atoms with Gasteiger partial charge in [-0.1, -0.05) is 23.2 Å². The quantitative estimate of drug-likeness (QED) is 0.367. The summed E-state index contributed by atoms with van der Waals surface area (Å²) in [5, 5.41) is 20.2. The van der Waals surface area contributed by atoms with E-state index in [1.807, 2.05) is 7.05 Å². The second-order valence-corrected chi connectivity index (χ2v) is 7.95. The van der Waals surface area contributed by atoms with E-state index in [-0.39, 0.29) is 18.5 Å². The normalized spacial score (nSPS) is 25.2. The van der Waals surface area contributed by atoms with Crippen molar-refractivity contribution >= 4 is 34.9 Å². The molecule has 6 N–H and O–H groups in total. The van der Waals surface area contributed by atoms with E-state index < -0.39 is 0 Å². The minimum absolute atomic E-state index is 0.170. The molecule has 9 heteroatoms. The highest BCUT2D eigenvalue weighted by Gasteiger charge is 2.37. The second kappa shape index (κ2) is 9.91. The molecular formula is C18H28Cl2N6O. The first-order valence-corrected chi connectivity index (χ1v) is 10.2. The van der Waals surface area contributed by atoms with Crippen molar-refractivity contribution in [2.45, 2.75) is 44.2 Å². The molecule has 2 fully saturated rings. The maximum Gasteiger partial charge on any atom is 0.321 e. The molecule has 0 aromatic heterocycles. The van der Waals surface area contributed by atoms with Crippen LogP contribution in [0.25, 0.3) is 0 Å². The highest BCUT2D eigenvalue weighted by atomic mass is 35.5. The van der Waals surface area contributed by atoms with Crippen molar-refractivity contribution in [3.63, 3.8) is 0 Å². The molecule has 7 nitrogen and oxygen atoms in total. The van der Waals surface area contributed by atoms with E-state index in [0.29, 0.717) is 27.7 Å². The standard InChI is InChI=1S/C18H28Cl2N6O/c1-21-7-2-8-22-16-10-15(11-3-4-11)24-17(25-16)26-18(27)23-12-5-6-13(19)14(20)9-12/h5-6,9,11,15-17,21-22,24-25H,2-4,7-8,10H2,1H3,(H2,23,26,27). The van der Waals surface area contributed by atoms with Gasteiger partial charge in [0.2, 0.25) is 0 Å². The molecule has 1 aromatic carbocycles. The predicted molar refractivity (Wildman–Crippen MR) is 110 cm³/mol. The van der Waals surface area contributed by atoms with Crippen LogP contribution in [-0.4, -0.2) is 44.7 Å². The summed E-state index contributed by atoms with van der Waals surface area (Å²) >= 11 is 11.9. The van der Waals surface area contributed by atoms with Crippen LogP contribution >= 0.6 is 23.2 Å². The second-order valence-electron chi connectivity index (χ2n) is 7.14. The monoisotopic (exact) mass is 414 g/mol. The van der Waals surface area contributed by atoms with Crippen LogP contribution < -0.4 is 31.9 Å². The number of hydrogen-bond acceptors (Lipinski definition) is 5. The average molecular weight is 415 g/mol. The Balaban J connectivity index is 1.51. The first-order valence-electron chi connectivity index (χ1n) is 9.48. The fourth-order valence-corrected chi connectivity index (χ4v) is 3.62. The van der Waals surface area contributed by atoms with Crippen LogP contribution in [0, 0.1) is 5.92 Å². The maximum absolute atomic E-state index is 12.4. The Hall–Kier alpha value is -1.09. The minimum atomic E-state index is -0.302. The van der Waals surface area contributed by atoms with Crippen molar-refractivity contribution in [3.05, 3.63) is 28.2 Å². The summed E-state index contributed by atoms with van der Waals surface area (Å²) < 4.78 is 0. The molecular weight excluding hydrogens is 387 g/mol. The van der Waals surface area contributed by atoms with Crippen molar-refractivity contribution in [1.82, 2.24) is 26.6 Å². The first-order chi connectivity index (χ1) is 13.0. The topological polar surface area (TPSA) is 89.2 Å². The van der Waals surface area contributed by atoms with E-state index in [2.05, 4.69) is 31.9 Å². The molecule has 1 saturated heterocycles. The molecule has 1 aliphatic carbocycles. The molecule has 3 unspecified atom stereocenters. The van der Waals surface area contributed by atoms with Crippen LogP contribution in [-0.2, 0) is 0 Å². The van der Waals surface area contributed by atoms with Crippen molar-refractivity contribution in [3.8, 4) is 0 Å². The zero-order valence-electron chi connectivity index (χ0n) is 15.4. The Morgan fingerprint density at radius 1 is 1.19 bits per heavy atom. The SMILES string of the molecule is CNCCCNC1CC(C2CC2)NC(NC(=O)Nc2ccc(Cl)c(Cl)c2)N1. The van der Waals surface area contributed by atoms with Gasteiger partial charge in [0.05, 0.1) is 16.2 Å². The van der Waals surface area contributed by atoms with Gasteiger partial charge in [0.25, 0.3) is 0 Å². The summed E-state index contributed by atoms with van der Waals surface area (Å²) in [6, 6.07) is 5.11. The number of anilines is 1. The number of amides is 2. The van der Waals surface area contributed by atoms with Gasteiger partial charge in [-0.05, 0) is 69.9 Å². The molecule has 3 atom stereocenters. The molecule has 0 bridgehead atoms. The van der Waals surface area contributed by atoms with Gasteiger partial charge < -0.3 is 21.3 Å². The lowest BCUT2D eigenvalue weighted by Crippen LogP contribution is -2.68. The lowest BCUT2D eigenvalue weighted by molar-refractivity contribution is 0.177. The minimum Gasteiger partial charge on any atom is -0.320 e. The van der Waals surface area contributed by atoms with Gasteiger partial charge >= 0.3 is 6.03 Å². The average Bonchev–Trinajstić information content (AvgIpc) is 3.47. The van der Waals surface area contributed by atoms with E-state index in [1.165, 1.54) is 12.8 Å². The van der Waals surface area contributed by atoms with Gasteiger partial charge in [-0.2, -0.15) is 0 Å². The number of carbonyl (C=O) groups is 1. The molecule has 1 heterocycles. The molecule has 2 amide bonds. The van der Waals surface area contributed by atoms with E-state index in [4.69, 9.17) is 23.2 Å². The van der Waals surface area contributed by atoms with Crippen LogP contribution in [0.1, 0.15) is 25.7 Å². The maximum atomic E-state index is 12.4. The third kappa shape index (κ3) is 6.48.